The summed E-state index contributed by atoms with van der Waals surface area (Å²) in [5, 5.41) is 9.98. The minimum absolute atomic E-state index is 0.468. The molecular weight excluding hydrogens is 260 g/mol. The molecule has 0 bridgehead atoms. The van der Waals surface area contributed by atoms with E-state index in [-0.39, 0.29) is 0 Å². The third-order valence-corrected chi connectivity index (χ3v) is 3.50. The zero-order valence-corrected chi connectivity index (χ0v) is 12.2. The third-order valence-electron chi connectivity index (χ3n) is 2.52. The maximum Gasteiger partial charge on any atom is 0.191 e. The Morgan fingerprint density at radius 3 is 2.63 bits per heavy atom. The topological polar surface area (TPSA) is 52.8 Å². The van der Waals surface area contributed by atoms with Crippen LogP contribution in [0.15, 0.2) is 29.7 Å². The summed E-state index contributed by atoms with van der Waals surface area (Å²) in [4.78, 5) is 4.03. The Kier molecular flexibility index (Phi) is 4.93. The number of pyridine rings is 1. The van der Waals surface area contributed by atoms with E-state index >= 15 is 0 Å². The van der Waals surface area contributed by atoms with E-state index in [1.807, 2.05) is 12.1 Å². The summed E-state index contributed by atoms with van der Waals surface area (Å²) in [5.74, 6) is 0.864. The number of thioether (sulfide) groups is 1. The highest BCUT2D eigenvalue weighted by Gasteiger charge is 2.15. The van der Waals surface area contributed by atoms with Crippen molar-refractivity contribution in [1.29, 1.82) is 0 Å². The van der Waals surface area contributed by atoms with Crippen molar-refractivity contribution in [3.63, 3.8) is 0 Å². The predicted molar refractivity (Wildman–Crippen MR) is 76.1 cm³/mol. The second kappa shape index (κ2) is 6.68. The van der Waals surface area contributed by atoms with Crippen molar-refractivity contribution < 1.29 is 4.74 Å². The summed E-state index contributed by atoms with van der Waals surface area (Å²) < 4.78 is 7.27. The molecule has 6 heteroatoms. The molecule has 0 spiro atoms. The van der Waals surface area contributed by atoms with E-state index < -0.39 is 0 Å². The number of hydrogen-bond acceptors (Lipinski definition) is 5. The minimum Gasteiger partial charge on any atom is -0.383 e. The summed E-state index contributed by atoms with van der Waals surface area (Å²) in [6.45, 7) is 5.68. The van der Waals surface area contributed by atoms with Gasteiger partial charge in [0.15, 0.2) is 11.0 Å². The first-order valence-electron chi connectivity index (χ1n) is 6.21. The SMILES string of the molecule is COCCn1c(SC(C)C)nnc1-c1ccncc1. The lowest BCUT2D eigenvalue weighted by Crippen LogP contribution is -2.08. The Morgan fingerprint density at radius 2 is 2.00 bits per heavy atom. The van der Waals surface area contributed by atoms with Crippen molar-refractivity contribution >= 4 is 11.8 Å². The first-order valence-corrected chi connectivity index (χ1v) is 7.09. The number of ether oxygens (including phenoxy) is 1. The van der Waals surface area contributed by atoms with Crippen LogP contribution >= 0.6 is 11.8 Å². The van der Waals surface area contributed by atoms with Crippen LogP contribution in [-0.2, 0) is 11.3 Å². The summed E-state index contributed by atoms with van der Waals surface area (Å²) in [6.07, 6.45) is 3.53. The number of methoxy groups -OCH3 is 1. The Labute approximate surface area is 117 Å². The molecule has 0 aromatic carbocycles. The van der Waals surface area contributed by atoms with Crippen LogP contribution in [0, 0.1) is 0 Å². The van der Waals surface area contributed by atoms with Crippen molar-refractivity contribution in [1.82, 2.24) is 19.7 Å². The van der Waals surface area contributed by atoms with Crippen LogP contribution < -0.4 is 0 Å². The van der Waals surface area contributed by atoms with Crippen molar-refractivity contribution in [3.05, 3.63) is 24.5 Å². The van der Waals surface area contributed by atoms with Gasteiger partial charge in [0.1, 0.15) is 0 Å². The lowest BCUT2D eigenvalue weighted by Gasteiger charge is -2.10. The molecule has 0 unspecified atom stereocenters. The first-order chi connectivity index (χ1) is 9.22. The number of rotatable bonds is 6. The van der Waals surface area contributed by atoms with Gasteiger partial charge in [-0.25, -0.2) is 0 Å². The van der Waals surface area contributed by atoms with Gasteiger partial charge in [-0.3, -0.25) is 9.55 Å². The average Bonchev–Trinajstić information content (AvgIpc) is 2.79. The lowest BCUT2D eigenvalue weighted by atomic mass is 10.2. The molecule has 0 aliphatic heterocycles. The van der Waals surface area contributed by atoms with E-state index in [0.717, 1.165) is 23.1 Å². The van der Waals surface area contributed by atoms with Crippen LogP contribution in [0.1, 0.15) is 13.8 Å². The zero-order chi connectivity index (χ0) is 13.7. The molecule has 0 saturated carbocycles. The summed E-state index contributed by atoms with van der Waals surface area (Å²) >= 11 is 1.71. The van der Waals surface area contributed by atoms with Gasteiger partial charge in [-0.15, -0.1) is 10.2 Å². The molecule has 0 radical (unpaired) electrons. The van der Waals surface area contributed by atoms with Gasteiger partial charge >= 0.3 is 0 Å². The molecule has 0 aliphatic rings. The van der Waals surface area contributed by atoms with Gasteiger partial charge in [0.2, 0.25) is 0 Å². The number of aromatic nitrogens is 4. The Hall–Kier alpha value is -1.40. The number of nitrogens with zero attached hydrogens (tertiary/aromatic N) is 4. The number of hydrogen-bond donors (Lipinski definition) is 0. The molecular formula is C13H18N4OS. The summed E-state index contributed by atoms with van der Waals surface area (Å²) in [5.41, 5.74) is 1.02. The fourth-order valence-corrected chi connectivity index (χ4v) is 2.50. The Morgan fingerprint density at radius 1 is 1.26 bits per heavy atom. The quantitative estimate of drug-likeness (QED) is 0.760. The molecule has 2 aromatic rings. The molecule has 102 valence electrons. The van der Waals surface area contributed by atoms with Gasteiger partial charge in [-0.1, -0.05) is 25.6 Å². The van der Waals surface area contributed by atoms with Crippen LogP contribution in [0.25, 0.3) is 11.4 Å². The van der Waals surface area contributed by atoms with Crippen LogP contribution in [0.3, 0.4) is 0 Å². The van der Waals surface area contributed by atoms with Crippen molar-refractivity contribution in [2.24, 2.45) is 0 Å². The highest BCUT2D eigenvalue weighted by atomic mass is 32.2. The second-order valence-corrected chi connectivity index (χ2v) is 5.90. The molecule has 0 saturated heterocycles. The van der Waals surface area contributed by atoms with E-state index in [1.54, 1.807) is 31.3 Å². The summed E-state index contributed by atoms with van der Waals surface area (Å²) in [7, 11) is 1.70. The van der Waals surface area contributed by atoms with E-state index in [2.05, 4.69) is 33.6 Å². The van der Waals surface area contributed by atoms with Crippen molar-refractivity contribution in [3.8, 4) is 11.4 Å². The standard InChI is InChI=1S/C13H18N4OS/c1-10(2)19-13-16-15-12(17(13)8-9-18-3)11-4-6-14-7-5-11/h4-7,10H,8-9H2,1-3H3. The van der Waals surface area contributed by atoms with Crippen LogP contribution in [-0.4, -0.2) is 38.7 Å². The van der Waals surface area contributed by atoms with Gasteiger partial charge in [0.25, 0.3) is 0 Å². The predicted octanol–water partition coefficient (Wildman–Crippen LogP) is 2.49. The van der Waals surface area contributed by atoms with Gasteiger partial charge in [-0.05, 0) is 12.1 Å². The van der Waals surface area contributed by atoms with Gasteiger partial charge in [0, 0.05) is 30.3 Å². The normalized spacial score (nSPS) is 11.2. The molecule has 0 aliphatic carbocycles. The summed E-state index contributed by atoms with van der Waals surface area (Å²) in [6, 6.07) is 3.88. The largest absolute Gasteiger partial charge is 0.383 e. The molecule has 19 heavy (non-hydrogen) atoms. The minimum atomic E-state index is 0.468. The fraction of sp³-hybridized carbons (Fsp3) is 0.462. The smallest absolute Gasteiger partial charge is 0.191 e. The lowest BCUT2D eigenvalue weighted by molar-refractivity contribution is 0.185. The molecule has 0 atom stereocenters. The molecule has 5 nitrogen and oxygen atoms in total. The second-order valence-electron chi connectivity index (χ2n) is 4.35. The molecule has 0 fully saturated rings. The fourth-order valence-electron chi connectivity index (χ4n) is 1.69. The first kappa shape index (κ1) is 14.0. The van der Waals surface area contributed by atoms with E-state index in [1.165, 1.54) is 0 Å². The maximum absolute atomic E-state index is 5.17. The average molecular weight is 278 g/mol. The Balaban J connectivity index is 2.34. The molecule has 2 heterocycles. The van der Waals surface area contributed by atoms with E-state index in [0.29, 0.717) is 11.9 Å². The zero-order valence-electron chi connectivity index (χ0n) is 11.4. The third kappa shape index (κ3) is 3.54. The highest BCUT2D eigenvalue weighted by Crippen LogP contribution is 2.26. The molecule has 2 aromatic heterocycles. The van der Waals surface area contributed by atoms with Crippen molar-refractivity contribution in [2.75, 3.05) is 13.7 Å². The molecule has 0 N–H and O–H groups in total. The Bertz CT molecular complexity index is 513. The monoisotopic (exact) mass is 278 g/mol. The van der Waals surface area contributed by atoms with Gasteiger partial charge in [0.05, 0.1) is 13.2 Å². The maximum atomic E-state index is 5.17. The van der Waals surface area contributed by atoms with Crippen molar-refractivity contribution in [2.45, 2.75) is 30.8 Å². The van der Waals surface area contributed by atoms with Gasteiger partial charge < -0.3 is 4.74 Å². The van der Waals surface area contributed by atoms with Gasteiger partial charge in [-0.2, -0.15) is 0 Å². The van der Waals surface area contributed by atoms with Crippen LogP contribution in [0.5, 0.6) is 0 Å². The van der Waals surface area contributed by atoms with E-state index in [4.69, 9.17) is 4.74 Å². The highest BCUT2D eigenvalue weighted by molar-refractivity contribution is 7.99. The molecule has 2 rings (SSSR count). The van der Waals surface area contributed by atoms with Crippen LogP contribution in [0.4, 0.5) is 0 Å². The van der Waals surface area contributed by atoms with E-state index in [9.17, 15) is 0 Å². The molecule has 0 amide bonds. The van der Waals surface area contributed by atoms with Crippen LogP contribution in [0.2, 0.25) is 0 Å².